The number of hydrogen-bond acceptors (Lipinski definition) is 9. The Hall–Kier alpha value is -3.17. The predicted octanol–water partition coefficient (Wildman–Crippen LogP) is 3.03. The van der Waals surface area contributed by atoms with Gasteiger partial charge < -0.3 is 19.5 Å². The van der Waals surface area contributed by atoms with Gasteiger partial charge in [-0.05, 0) is 60.8 Å². The number of benzene rings is 2. The van der Waals surface area contributed by atoms with Gasteiger partial charge in [0.25, 0.3) is 20.0 Å². The zero-order valence-electron chi connectivity index (χ0n) is 23.8. The number of aliphatic hydroxyl groups excluding tert-OH is 1. The van der Waals surface area contributed by atoms with Gasteiger partial charge in [-0.1, -0.05) is 13.0 Å². The van der Waals surface area contributed by atoms with Gasteiger partial charge >= 0.3 is 0 Å². The largest absolute Gasteiger partial charge is 0.497 e. The fourth-order valence-corrected chi connectivity index (χ4v) is 8.03. The van der Waals surface area contributed by atoms with E-state index in [1.165, 1.54) is 48.8 Å². The first-order valence-electron chi connectivity index (χ1n) is 13.2. The first kappa shape index (κ1) is 31.8. The Balaban J connectivity index is 1.67. The third-order valence-corrected chi connectivity index (χ3v) is 11.7. The van der Waals surface area contributed by atoms with Crippen molar-refractivity contribution in [2.45, 2.75) is 41.5 Å². The van der Waals surface area contributed by atoms with E-state index in [1.54, 1.807) is 41.5 Å². The number of carbonyl (C=O) groups excluding carboxylic acids is 1. The van der Waals surface area contributed by atoms with Gasteiger partial charge in [0.2, 0.25) is 5.91 Å². The molecule has 0 fully saturated rings. The fourth-order valence-electron chi connectivity index (χ4n) is 4.60. The molecule has 1 amide bonds. The monoisotopic (exact) mass is 637 g/mol. The van der Waals surface area contributed by atoms with Crippen molar-refractivity contribution in [3.8, 4) is 11.5 Å². The zero-order valence-corrected chi connectivity index (χ0v) is 26.2. The van der Waals surface area contributed by atoms with Crippen LogP contribution in [0.5, 0.6) is 11.5 Å². The topological polar surface area (TPSA) is 143 Å². The number of thiophene rings is 1. The van der Waals surface area contributed by atoms with E-state index < -0.39 is 32.2 Å². The van der Waals surface area contributed by atoms with Crippen LogP contribution in [0, 0.1) is 5.92 Å². The Kier molecular flexibility index (Phi) is 9.83. The van der Waals surface area contributed by atoms with E-state index >= 15 is 0 Å². The summed E-state index contributed by atoms with van der Waals surface area (Å²) in [6.07, 6.45) is -0.773. The molecule has 2 heterocycles. The molecule has 2 aromatic carbocycles. The molecule has 2 N–H and O–H groups in total. The number of fused-ring (bicyclic) bond motifs is 1. The van der Waals surface area contributed by atoms with Gasteiger partial charge in [0.1, 0.15) is 21.8 Å². The van der Waals surface area contributed by atoms with Crippen molar-refractivity contribution in [3.05, 3.63) is 65.5 Å². The lowest BCUT2D eigenvalue weighted by Gasteiger charge is -2.33. The molecule has 14 heteroatoms. The van der Waals surface area contributed by atoms with Crippen LogP contribution < -0.4 is 14.2 Å². The number of amides is 1. The summed E-state index contributed by atoms with van der Waals surface area (Å²) in [5, 5.41) is 11.6. The smallest absolute Gasteiger partial charge is 0.261 e. The maximum Gasteiger partial charge on any atom is 0.261 e. The summed E-state index contributed by atoms with van der Waals surface area (Å²) in [7, 11) is -4.75. The van der Waals surface area contributed by atoms with E-state index in [0.717, 1.165) is 11.3 Å². The second-order valence-electron chi connectivity index (χ2n) is 10.2. The number of rotatable bonds is 10. The van der Waals surface area contributed by atoms with Crippen LogP contribution >= 0.6 is 11.3 Å². The van der Waals surface area contributed by atoms with E-state index in [0.29, 0.717) is 17.1 Å². The van der Waals surface area contributed by atoms with Gasteiger partial charge in [0.05, 0.1) is 37.6 Å². The summed E-state index contributed by atoms with van der Waals surface area (Å²) in [4.78, 5) is 15.0. The molecule has 0 unspecified atom stereocenters. The van der Waals surface area contributed by atoms with Crippen LogP contribution in [0.1, 0.15) is 19.4 Å². The van der Waals surface area contributed by atoms with E-state index in [2.05, 4.69) is 4.72 Å². The molecule has 11 nitrogen and oxygen atoms in total. The minimum absolute atomic E-state index is 0.00221. The van der Waals surface area contributed by atoms with Gasteiger partial charge in [-0.2, -0.15) is 4.31 Å². The van der Waals surface area contributed by atoms with Crippen molar-refractivity contribution in [3.63, 3.8) is 0 Å². The summed E-state index contributed by atoms with van der Waals surface area (Å²) in [5.41, 5.74) is 0.650. The summed E-state index contributed by atoms with van der Waals surface area (Å²) in [5.74, 6) is 0.265. The van der Waals surface area contributed by atoms with Crippen molar-refractivity contribution in [2.24, 2.45) is 5.92 Å². The number of hydrogen-bond donors (Lipinski definition) is 2. The molecule has 0 spiro atoms. The number of methoxy groups -OCH3 is 1. The Morgan fingerprint density at radius 3 is 2.50 bits per heavy atom. The lowest BCUT2D eigenvalue weighted by Crippen LogP contribution is -2.48. The number of nitrogens with one attached hydrogen (secondary N) is 1. The molecule has 3 aromatic rings. The SMILES string of the molecule is COc1ccc(S(=O)(=O)Nc2ccc3c(c2)CC(=O)N([C@H](C)CO)C[C@H](C)[C@@H](CN(C)S(=O)(=O)c2cccs2)O3)cc1. The van der Waals surface area contributed by atoms with Crippen LogP contribution in [-0.2, 0) is 31.3 Å². The van der Waals surface area contributed by atoms with Gasteiger partial charge in [-0.25, -0.2) is 16.8 Å². The molecular formula is C28H35N3O8S3. The molecule has 0 bridgehead atoms. The van der Waals surface area contributed by atoms with Crippen LogP contribution in [0.2, 0.25) is 0 Å². The van der Waals surface area contributed by atoms with Crippen molar-refractivity contribution < 1.29 is 36.2 Å². The molecule has 1 aliphatic heterocycles. The van der Waals surface area contributed by atoms with Crippen molar-refractivity contribution in [2.75, 3.05) is 38.6 Å². The lowest BCUT2D eigenvalue weighted by molar-refractivity contribution is -0.134. The van der Waals surface area contributed by atoms with Crippen LogP contribution in [0.25, 0.3) is 0 Å². The molecule has 0 saturated heterocycles. The van der Waals surface area contributed by atoms with Gasteiger partial charge in [-0.15, -0.1) is 11.3 Å². The Morgan fingerprint density at radius 2 is 1.88 bits per heavy atom. The number of carbonyl (C=O) groups is 1. The Bertz CT molecular complexity index is 1590. The van der Waals surface area contributed by atoms with Crippen LogP contribution in [0.3, 0.4) is 0 Å². The standard InChI is InChI=1S/C28H35N3O8S3/c1-19-16-31(20(2)18-32)27(33)15-21-14-22(29-41(34,35)24-10-8-23(38-4)9-11-24)7-12-25(21)39-26(19)17-30(3)42(36,37)28-6-5-13-40-28/h5-14,19-20,26,29,32H,15-18H2,1-4H3/t19-,20+,26+/m0/s1. The number of ether oxygens (including phenoxy) is 2. The molecule has 0 radical (unpaired) electrons. The van der Waals surface area contributed by atoms with E-state index in [4.69, 9.17) is 9.47 Å². The first-order valence-corrected chi connectivity index (χ1v) is 17.0. The van der Waals surface area contributed by atoms with Crippen LogP contribution in [-0.4, -0.2) is 83.1 Å². The molecule has 4 rings (SSSR count). The summed E-state index contributed by atoms with van der Waals surface area (Å²) in [6.45, 7) is 3.56. The second kappa shape index (κ2) is 13.0. The summed E-state index contributed by atoms with van der Waals surface area (Å²) in [6, 6.07) is 13.3. The van der Waals surface area contributed by atoms with Crippen molar-refractivity contribution >= 4 is 43.0 Å². The number of sulfonamides is 2. The molecule has 0 saturated carbocycles. The highest BCUT2D eigenvalue weighted by Gasteiger charge is 2.34. The molecule has 0 aliphatic carbocycles. The molecule has 1 aromatic heterocycles. The Morgan fingerprint density at radius 1 is 1.17 bits per heavy atom. The first-order chi connectivity index (χ1) is 19.8. The third kappa shape index (κ3) is 7.06. The normalized spacial score (nSPS) is 18.8. The average Bonchev–Trinajstić information content (AvgIpc) is 3.52. The Labute approximate surface area is 250 Å². The minimum atomic E-state index is -3.95. The minimum Gasteiger partial charge on any atom is -0.497 e. The average molecular weight is 638 g/mol. The molecular weight excluding hydrogens is 603 g/mol. The van der Waals surface area contributed by atoms with Gasteiger partial charge in [-0.3, -0.25) is 9.52 Å². The number of nitrogens with zero attached hydrogens (tertiary/aromatic N) is 2. The van der Waals surface area contributed by atoms with Crippen molar-refractivity contribution in [1.82, 2.24) is 9.21 Å². The predicted molar refractivity (Wildman–Crippen MR) is 160 cm³/mol. The number of anilines is 1. The highest BCUT2D eigenvalue weighted by atomic mass is 32.2. The third-order valence-electron chi connectivity index (χ3n) is 7.14. The number of aliphatic hydroxyl groups is 1. The maximum atomic E-state index is 13.5. The van der Waals surface area contributed by atoms with Crippen LogP contribution in [0.15, 0.2) is 69.1 Å². The molecule has 3 atom stereocenters. The highest BCUT2D eigenvalue weighted by Crippen LogP contribution is 2.31. The van der Waals surface area contributed by atoms with Gasteiger partial charge in [0, 0.05) is 30.8 Å². The number of likely N-dealkylation sites (N-methyl/N-ethyl adjacent to an activating group) is 1. The van der Waals surface area contributed by atoms with E-state index in [9.17, 15) is 26.7 Å². The maximum absolute atomic E-state index is 13.5. The zero-order chi connectivity index (χ0) is 30.7. The molecule has 1 aliphatic rings. The highest BCUT2D eigenvalue weighted by molar-refractivity contribution is 7.92. The van der Waals surface area contributed by atoms with Gasteiger partial charge in [0.15, 0.2) is 0 Å². The van der Waals surface area contributed by atoms with E-state index in [1.807, 2.05) is 6.92 Å². The summed E-state index contributed by atoms with van der Waals surface area (Å²) < 4.78 is 67.9. The summed E-state index contributed by atoms with van der Waals surface area (Å²) >= 11 is 1.12. The molecule has 228 valence electrons. The van der Waals surface area contributed by atoms with Crippen LogP contribution in [0.4, 0.5) is 5.69 Å². The lowest BCUT2D eigenvalue weighted by atomic mass is 10.0. The fraction of sp³-hybridized carbons (Fsp3) is 0.393. The second-order valence-corrected chi connectivity index (χ2v) is 15.1. The van der Waals surface area contributed by atoms with E-state index in [-0.39, 0.29) is 52.7 Å². The quantitative estimate of drug-likeness (QED) is 0.346. The van der Waals surface area contributed by atoms with Crippen molar-refractivity contribution in [1.29, 1.82) is 0 Å². The molecule has 42 heavy (non-hydrogen) atoms.